The fourth-order valence-corrected chi connectivity index (χ4v) is 2.65. The number of hydrogen-bond acceptors (Lipinski definition) is 8. The van der Waals surface area contributed by atoms with Gasteiger partial charge in [0.2, 0.25) is 0 Å². The van der Waals surface area contributed by atoms with Gasteiger partial charge in [-0.1, -0.05) is 0 Å². The molecule has 1 aromatic rings. The highest BCUT2D eigenvalue weighted by Gasteiger charge is 2.10. The zero-order valence-electron chi connectivity index (χ0n) is 12.7. The van der Waals surface area contributed by atoms with Crippen LogP contribution in [-0.4, -0.2) is 50.7 Å². The van der Waals surface area contributed by atoms with Crippen LogP contribution in [0.3, 0.4) is 0 Å². The zero-order chi connectivity index (χ0) is 18.4. The van der Waals surface area contributed by atoms with Gasteiger partial charge in [-0.3, -0.25) is 9.11 Å². The first kappa shape index (κ1) is 20.3. The topological polar surface area (TPSA) is 179 Å². The Morgan fingerprint density at radius 3 is 1.42 bits per heavy atom. The van der Waals surface area contributed by atoms with E-state index in [0.717, 1.165) is 0 Å². The summed E-state index contributed by atoms with van der Waals surface area (Å²) in [5.41, 5.74) is 11.9. The van der Waals surface area contributed by atoms with E-state index in [1.165, 1.54) is 12.1 Å². The van der Waals surface area contributed by atoms with Crippen molar-refractivity contribution < 1.29 is 35.4 Å². The third-order valence-electron chi connectivity index (χ3n) is 2.75. The summed E-state index contributed by atoms with van der Waals surface area (Å²) in [6.45, 7) is 0.0238. The van der Waals surface area contributed by atoms with Crippen LogP contribution < -0.4 is 20.9 Å². The van der Waals surface area contributed by atoms with Crippen LogP contribution in [0.1, 0.15) is 12.8 Å². The predicted octanol–water partition coefficient (Wildman–Crippen LogP) is 0.164. The number of rotatable bonds is 10. The second-order valence-electron chi connectivity index (χ2n) is 4.90. The van der Waals surface area contributed by atoms with Gasteiger partial charge in [0.1, 0.15) is 11.5 Å². The van der Waals surface area contributed by atoms with Crippen molar-refractivity contribution in [1.82, 2.24) is 0 Å². The lowest BCUT2D eigenvalue weighted by Gasteiger charge is -2.13. The van der Waals surface area contributed by atoms with Crippen LogP contribution in [0.15, 0.2) is 12.1 Å². The van der Waals surface area contributed by atoms with Gasteiger partial charge in [0.15, 0.2) is 0 Å². The minimum Gasteiger partial charge on any atom is -0.491 e. The summed E-state index contributed by atoms with van der Waals surface area (Å²) in [5.74, 6) is -0.407. The summed E-state index contributed by atoms with van der Waals surface area (Å²) >= 11 is 0. The van der Waals surface area contributed by atoms with E-state index >= 15 is 0 Å². The Hall–Kier alpha value is -1.76. The van der Waals surface area contributed by atoms with Crippen molar-refractivity contribution >= 4 is 31.6 Å². The zero-order valence-corrected chi connectivity index (χ0v) is 14.3. The van der Waals surface area contributed by atoms with E-state index < -0.39 is 31.7 Å². The average molecular weight is 384 g/mol. The van der Waals surface area contributed by atoms with Crippen LogP contribution in [0.2, 0.25) is 0 Å². The highest BCUT2D eigenvalue weighted by Crippen LogP contribution is 2.33. The third kappa shape index (κ3) is 8.19. The highest BCUT2D eigenvalue weighted by atomic mass is 32.2. The molecule has 0 spiro atoms. The smallest absolute Gasteiger partial charge is 0.264 e. The van der Waals surface area contributed by atoms with Crippen LogP contribution in [0.25, 0.3) is 0 Å². The Bertz CT molecular complexity index is 696. The molecule has 0 unspecified atom stereocenters. The van der Waals surface area contributed by atoms with E-state index in [-0.39, 0.29) is 48.9 Å². The Morgan fingerprint density at radius 1 is 0.792 bits per heavy atom. The van der Waals surface area contributed by atoms with Crippen LogP contribution in [0.4, 0.5) is 11.4 Å². The minimum atomic E-state index is -4.04. The maximum Gasteiger partial charge on any atom is 0.264 e. The fraction of sp³-hybridized carbons (Fsp3) is 0.500. The summed E-state index contributed by atoms with van der Waals surface area (Å²) in [6.07, 6.45) is 0.151. The maximum absolute atomic E-state index is 10.6. The van der Waals surface area contributed by atoms with Gasteiger partial charge in [-0.15, -0.1) is 0 Å². The van der Waals surface area contributed by atoms with Gasteiger partial charge in [-0.05, 0) is 12.8 Å². The standard InChI is InChI=1S/C12H20N2O8S2/c13-9-8-12(22-4-2-6-24(18,19)20)10(14)7-11(9)21-3-1-5-23(15,16)17/h7-8H,1-6,13-14H2,(H,15,16,17)(H,18,19,20). The molecule has 0 heterocycles. The molecule has 0 aliphatic heterocycles. The molecule has 1 rings (SSSR count). The van der Waals surface area contributed by atoms with Gasteiger partial charge in [-0.25, -0.2) is 0 Å². The quantitative estimate of drug-likeness (QED) is 0.246. The van der Waals surface area contributed by atoms with Gasteiger partial charge >= 0.3 is 0 Å². The van der Waals surface area contributed by atoms with Crippen molar-refractivity contribution in [3.63, 3.8) is 0 Å². The van der Waals surface area contributed by atoms with Crippen molar-refractivity contribution in [1.29, 1.82) is 0 Å². The van der Waals surface area contributed by atoms with Gasteiger partial charge in [0.25, 0.3) is 20.2 Å². The number of ether oxygens (including phenoxy) is 2. The maximum atomic E-state index is 10.6. The van der Waals surface area contributed by atoms with Gasteiger partial charge in [0, 0.05) is 12.1 Å². The molecule has 6 N–H and O–H groups in total. The van der Waals surface area contributed by atoms with Gasteiger partial charge in [0.05, 0.1) is 36.1 Å². The number of nitrogen functional groups attached to an aromatic ring is 2. The summed E-state index contributed by atoms with van der Waals surface area (Å²) < 4.78 is 70.1. The lowest BCUT2D eigenvalue weighted by molar-refractivity contribution is 0.310. The van der Waals surface area contributed by atoms with Crippen molar-refractivity contribution in [3.8, 4) is 11.5 Å². The molecule has 0 aromatic heterocycles. The average Bonchev–Trinajstić information content (AvgIpc) is 2.41. The van der Waals surface area contributed by atoms with E-state index in [2.05, 4.69) is 0 Å². The van der Waals surface area contributed by atoms with Gasteiger partial charge in [-0.2, -0.15) is 16.8 Å². The van der Waals surface area contributed by atoms with E-state index in [0.29, 0.717) is 0 Å². The fourth-order valence-electron chi connectivity index (χ4n) is 1.69. The number of benzene rings is 1. The normalized spacial score (nSPS) is 12.1. The second-order valence-corrected chi connectivity index (χ2v) is 8.05. The largest absolute Gasteiger partial charge is 0.491 e. The van der Waals surface area contributed by atoms with Crippen LogP contribution in [-0.2, 0) is 20.2 Å². The first-order chi connectivity index (χ1) is 11.0. The molecule has 0 radical (unpaired) electrons. The highest BCUT2D eigenvalue weighted by molar-refractivity contribution is 7.86. The van der Waals surface area contributed by atoms with Crippen molar-refractivity contribution in [2.75, 3.05) is 36.2 Å². The SMILES string of the molecule is Nc1cc(OCCCS(=O)(=O)O)c(N)cc1OCCCS(=O)(=O)O. The summed E-state index contributed by atoms with van der Waals surface area (Å²) in [5, 5.41) is 0. The monoisotopic (exact) mass is 384 g/mol. The lowest BCUT2D eigenvalue weighted by Crippen LogP contribution is -2.10. The van der Waals surface area contributed by atoms with Crippen molar-refractivity contribution in [2.24, 2.45) is 0 Å². The Kier molecular flexibility index (Phi) is 7.08. The number of nitrogens with two attached hydrogens (primary N) is 2. The van der Waals surface area contributed by atoms with Crippen LogP contribution in [0, 0.1) is 0 Å². The second kappa shape index (κ2) is 8.37. The molecule has 0 fully saturated rings. The van der Waals surface area contributed by atoms with E-state index in [9.17, 15) is 16.8 Å². The van der Waals surface area contributed by atoms with Crippen molar-refractivity contribution in [3.05, 3.63) is 12.1 Å². The molecule has 0 aliphatic rings. The molecule has 0 aliphatic carbocycles. The van der Waals surface area contributed by atoms with Crippen LogP contribution in [0.5, 0.6) is 11.5 Å². The lowest BCUT2D eigenvalue weighted by atomic mass is 10.2. The molecule has 10 nitrogen and oxygen atoms in total. The molecule has 0 saturated heterocycles. The molecule has 24 heavy (non-hydrogen) atoms. The summed E-state index contributed by atoms with van der Waals surface area (Å²) in [4.78, 5) is 0. The molecule has 1 aromatic carbocycles. The van der Waals surface area contributed by atoms with Gasteiger partial charge < -0.3 is 20.9 Å². The first-order valence-electron chi connectivity index (χ1n) is 6.83. The molecule has 0 saturated carbocycles. The van der Waals surface area contributed by atoms with Crippen molar-refractivity contribution in [2.45, 2.75) is 12.8 Å². The summed E-state index contributed by atoms with van der Waals surface area (Å²) in [7, 11) is -8.09. The Labute approximate surface area is 140 Å². The summed E-state index contributed by atoms with van der Waals surface area (Å²) in [6, 6.07) is 2.78. The molecular formula is C12H20N2O8S2. The minimum absolute atomic E-state index is 0.0119. The number of hydrogen-bond donors (Lipinski definition) is 4. The molecule has 12 heteroatoms. The van der Waals surface area contributed by atoms with E-state index in [4.69, 9.17) is 30.0 Å². The van der Waals surface area contributed by atoms with Crippen LogP contribution >= 0.6 is 0 Å². The first-order valence-corrected chi connectivity index (χ1v) is 10.0. The number of anilines is 2. The molecule has 0 atom stereocenters. The molecular weight excluding hydrogens is 364 g/mol. The molecule has 0 amide bonds. The third-order valence-corrected chi connectivity index (χ3v) is 4.36. The Morgan fingerprint density at radius 2 is 1.12 bits per heavy atom. The van der Waals surface area contributed by atoms with E-state index in [1.807, 2.05) is 0 Å². The molecule has 0 bridgehead atoms. The van der Waals surface area contributed by atoms with E-state index in [1.54, 1.807) is 0 Å². The predicted molar refractivity (Wildman–Crippen MR) is 88.3 cm³/mol. The Balaban J connectivity index is 2.56. The molecule has 138 valence electrons.